The second-order valence-electron chi connectivity index (χ2n) is 8.41. The lowest BCUT2D eigenvalue weighted by molar-refractivity contribution is -0.121. The van der Waals surface area contributed by atoms with E-state index in [-0.39, 0.29) is 5.91 Å². The third kappa shape index (κ3) is 4.94. The molecule has 162 valence electrons. The number of nitrogens with zero attached hydrogens (tertiary/aromatic N) is 3. The quantitative estimate of drug-likeness (QED) is 0.380. The third-order valence-corrected chi connectivity index (χ3v) is 5.56. The van der Waals surface area contributed by atoms with Gasteiger partial charge < -0.3 is 10.6 Å². The number of nitrogens with one attached hydrogen (secondary N) is 3. The van der Waals surface area contributed by atoms with Crippen molar-refractivity contribution in [2.24, 2.45) is 0 Å². The van der Waals surface area contributed by atoms with Crippen LogP contribution in [0.5, 0.6) is 0 Å². The fourth-order valence-electron chi connectivity index (χ4n) is 3.78. The Hall–Kier alpha value is -3.74. The molecule has 1 aliphatic rings. The molecule has 0 unspecified atom stereocenters. The summed E-state index contributed by atoms with van der Waals surface area (Å²) < 4.78 is 0. The predicted octanol–water partition coefficient (Wildman–Crippen LogP) is 4.67. The largest absolute Gasteiger partial charge is 0.353 e. The van der Waals surface area contributed by atoms with Crippen LogP contribution in [0, 0.1) is 6.92 Å². The molecule has 0 saturated heterocycles. The zero-order valence-corrected chi connectivity index (χ0v) is 18.1. The Morgan fingerprint density at radius 3 is 2.91 bits per heavy atom. The van der Waals surface area contributed by atoms with Crippen LogP contribution in [0.15, 0.2) is 54.7 Å². The lowest BCUT2D eigenvalue weighted by Crippen LogP contribution is -2.24. The molecule has 0 bridgehead atoms. The van der Waals surface area contributed by atoms with E-state index >= 15 is 0 Å². The van der Waals surface area contributed by atoms with Crippen LogP contribution < -0.4 is 10.6 Å². The van der Waals surface area contributed by atoms with Crippen molar-refractivity contribution in [3.8, 4) is 11.4 Å². The van der Waals surface area contributed by atoms with E-state index in [1.807, 2.05) is 43.3 Å². The van der Waals surface area contributed by atoms with Crippen molar-refractivity contribution in [3.63, 3.8) is 0 Å². The highest BCUT2D eigenvalue weighted by Crippen LogP contribution is 2.24. The third-order valence-electron chi connectivity index (χ3n) is 5.56. The highest BCUT2D eigenvalue weighted by Gasteiger charge is 2.22. The van der Waals surface area contributed by atoms with Gasteiger partial charge in [-0.15, -0.1) is 0 Å². The first-order valence-corrected chi connectivity index (χ1v) is 11.1. The van der Waals surface area contributed by atoms with Crippen LogP contribution in [-0.4, -0.2) is 32.1 Å². The van der Waals surface area contributed by atoms with E-state index in [0.29, 0.717) is 18.3 Å². The molecule has 2 aromatic carbocycles. The highest BCUT2D eigenvalue weighted by molar-refractivity contribution is 5.82. The van der Waals surface area contributed by atoms with Gasteiger partial charge in [-0.2, -0.15) is 5.10 Å². The molecule has 2 aromatic heterocycles. The standard InChI is InChI=1S/C25H26N6O/c1-16-12-23(28-21-10-11-22-19(14-21)15-26-31-22)30-25(27-16)18-6-2-4-17(13-18)5-3-7-24(32)29-20-8-9-20/h2,4,6,10-15,20H,3,5,7-9H2,1H3,(H,26,31)(H,29,32)(H,27,28,30). The number of anilines is 2. The van der Waals surface area contributed by atoms with Crippen molar-refractivity contribution < 1.29 is 4.79 Å². The van der Waals surface area contributed by atoms with E-state index in [2.05, 4.69) is 37.9 Å². The van der Waals surface area contributed by atoms with Crippen LogP contribution >= 0.6 is 0 Å². The van der Waals surface area contributed by atoms with Gasteiger partial charge in [-0.25, -0.2) is 9.97 Å². The van der Waals surface area contributed by atoms with Crippen molar-refractivity contribution in [1.82, 2.24) is 25.5 Å². The number of aryl methyl sites for hydroxylation is 2. The van der Waals surface area contributed by atoms with Gasteiger partial charge in [0, 0.05) is 40.9 Å². The number of hydrogen-bond donors (Lipinski definition) is 3. The van der Waals surface area contributed by atoms with Gasteiger partial charge in [0.25, 0.3) is 0 Å². The molecule has 1 fully saturated rings. The summed E-state index contributed by atoms with van der Waals surface area (Å²) in [4.78, 5) is 21.3. The number of hydrogen-bond acceptors (Lipinski definition) is 5. The lowest BCUT2D eigenvalue weighted by atomic mass is 10.0. The van der Waals surface area contributed by atoms with Crippen molar-refractivity contribution in [1.29, 1.82) is 0 Å². The first-order valence-electron chi connectivity index (χ1n) is 11.1. The van der Waals surface area contributed by atoms with Gasteiger partial charge in [0.2, 0.25) is 5.91 Å². The minimum atomic E-state index is 0.162. The van der Waals surface area contributed by atoms with Gasteiger partial charge in [0.05, 0.1) is 11.7 Å². The number of carbonyl (C=O) groups is 1. The summed E-state index contributed by atoms with van der Waals surface area (Å²) in [5.41, 5.74) is 5.00. The summed E-state index contributed by atoms with van der Waals surface area (Å²) in [6.07, 6.45) is 6.31. The number of carbonyl (C=O) groups excluding carboxylic acids is 1. The zero-order chi connectivity index (χ0) is 21.9. The van der Waals surface area contributed by atoms with Crippen LogP contribution in [0.2, 0.25) is 0 Å². The summed E-state index contributed by atoms with van der Waals surface area (Å²) in [6.45, 7) is 1.97. The Kier molecular flexibility index (Phi) is 5.54. The molecule has 7 heteroatoms. The maximum absolute atomic E-state index is 11.9. The number of aromatic nitrogens is 4. The minimum Gasteiger partial charge on any atom is -0.353 e. The molecule has 0 spiro atoms. The SMILES string of the molecule is Cc1cc(Nc2ccc3[nH]ncc3c2)nc(-c2cccc(CCCC(=O)NC3CC3)c2)n1. The molecular weight excluding hydrogens is 400 g/mol. The molecule has 3 N–H and O–H groups in total. The van der Waals surface area contributed by atoms with Gasteiger partial charge >= 0.3 is 0 Å². The number of rotatable bonds is 8. The van der Waals surface area contributed by atoms with Crippen LogP contribution in [0.1, 0.15) is 36.9 Å². The van der Waals surface area contributed by atoms with Gasteiger partial charge in [0.15, 0.2) is 5.82 Å². The van der Waals surface area contributed by atoms with E-state index in [1.54, 1.807) is 6.20 Å². The Morgan fingerprint density at radius 1 is 1.12 bits per heavy atom. The van der Waals surface area contributed by atoms with Gasteiger partial charge in [0.1, 0.15) is 5.82 Å². The first kappa shape index (κ1) is 20.2. The summed E-state index contributed by atoms with van der Waals surface area (Å²) in [5, 5.41) is 14.5. The lowest BCUT2D eigenvalue weighted by Gasteiger charge is -2.10. The van der Waals surface area contributed by atoms with E-state index in [0.717, 1.165) is 59.3 Å². The molecule has 0 aliphatic heterocycles. The number of H-pyrrole nitrogens is 1. The van der Waals surface area contributed by atoms with Gasteiger partial charge in [-0.3, -0.25) is 9.89 Å². The van der Waals surface area contributed by atoms with Crippen LogP contribution in [0.4, 0.5) is 11.5 Å². The summed E-state index contributed by atoms with van der Waals surface area (Å²) in [6, 6.07) is 16.7. The summed E-state index contributed by atoms with van der Waals surface area (Å²) in [5.74, 6) is 1.60. The predicted molar refractivity (Wildman–Crippen MR) is 126 cm³/mol. The Balaban J connectivity index is 1.29. The molecule has 7 nitrogen and oxygen atoms in total. The number of aromatic amines is 1. The van der Waals surface area contributed by atoms with E-state index < -0.39 is 0 Å². The van der Waals surface area contributed by atoms with Crippen molar-refractivity contribution in [2.75, 3.05) is 5.32 Å². The Morgan fingerprint density at radius 2 is 2.03 bits per heavy atom. The average Bonchev–Trinajstić information content (AvgIpc) is 3.46. The topological polar surface area (TPSA) is 95.6 Å². The number of fused-ring (bicyclic) bond motifs is 1. The van der Waals surface area contributed by atoms with Gasteiger partial charge in [-0.1, -0.05) is 18.2 Å². The highest BCUT2D eigenvalue weighted by atomic mass is 16.1. The Labute approximate surface area is 186 Å². The fraction of sp³-hybridized carbons (Fsp3) is 0.280. The molecule has 2 heterocycles. The second kappa shape index (κ2) is 8.78. The fourth-order valence-corrected chi connectivity index (χ4v) is 3.78. The van der Waals surface area contributed by atoms with E-state index in [9.17, 15) is 4.79 Å². The molecule has 1 saturated carbocycles. The van der Waals surface area contributed by atoms with Gasteiger partial charge in [-0.05, 0) is 62.4 Å². The van der Waals surface area contributed by atoms with E-state index in [4.69, 9.17) is 4.98 Å². The van der Waals surface area contributed by atoms with Crippen LogP contribution in [0.25, 0.3) is 22.3 Å². The van der Waals surface area contributed by atoms with Crippen molar-refractivity contribution in [2.45, 2.75) is 45.1 Å². The molecule has 32 heavy (non-hydrogen) atoms. The zero-order valence-electron chi connectivity index (χ0n) is 18.1. The minimum absolute atomic E-state index is 0.162. The molecule has 0 radical (unpaired) electrons. The molecule has 1 aliphatic carbocycles. The van der Waals surface area contributed by atoms with E-state index in [1.165, 1.54) is 5.56 Å². The average molecular weight is 427 g/mol. The smallest absolute Gasteiger partial charge is 0.220 e. The number of amides is 1. The molecular formula is C25H26N6O. The maximum atomic E-state index is 11.9. The number of benzene rings is 2. The normalized spacial score (nSPS) is 13.3. The second-order valence-corrected chi connectivity index (χ2v) is 8.41. The Bertz CT molecular complexity index is 1260. The monoisotopic (exact) mass is 426 g/mol. The van der Waals surface area contributed by atoms with Crippen LogP contribution in [-0.2, 0) is 11.2 Å². The van der Waals surface area contributed by atoms with Crippen molar-refractivity contribution >= 4 is 28.3 Å². The maximum Gasteiger partial charge on any atom is 0.220 e. The first-order chi connectivity index (χ1) is 15.6. The molecule has 0 atom stereocenters. The van der Waals surface area contributed by atoms with Crippen LogP contribution in [0.3, 0.4) is 0 Å². The molecule has 1 amide bonds. The summed E-state index contributed by atoms with van der Waals surface area (Å²) >= 11 is 0. The summed E-state index contributed by atoms with van der Waals surface area (Å²) in [7, 11) is 0. The van der Waals surface area contributed by atoms with Crippen molar-refractivity contribution in [3.05, 3.63) is 66.0 Å². The molecule has 5 rings (SSSR count). The molecule has 4 aromatic rings.